The summed E-state index contributed by atoms with van der Waals surface area (Å²) >= 11 is 5.81. The van der Waals surface area contributed by atoms with Gasteiger partial charge in [-0.15, -0.1) is 23.5 Å². The van der Waals surface area contributed by atoms with Gasteiger partial charge in [0.25, 0.3) is 0 Å². The fourth-order valence-electron chi connectivity index (χ4n) is 6.65. The number of para-hydroxylation sites is 2. The molecule has 2 amide bonds. The molecule has 0 saturated carbocycles. The fraction of sp³-hybridized carbons (Fsp3) is 0.395. The smallest absolute Gasteiger partial charge is 0.343 e. The second kappa shape index (κ2) is 18.0. The molecule has 2 N–H and O–H groups in total. The van der Waals surface area contributed by atoms with E-state index in [-0.39, 0.29) is 37.0 Å². The van der Waals surface area contributed by atoms with Gasteiger partial charge in [-0.3, -0.25) is 4.79 Å². The molecule has 3 heterocycles. The van der Waals surface area contributed by atoms with E-state index >= 15 is 0 Å². The summed E-state index contributed by atoms with van der Waals surface area (Å²) in [6, 6.07) is 28.8. The topological polar surface area (TPSA) is 61.4 Å². The number of hydrogen-bond acceptors (Lipinski definition) is 6. The van der Waals surface area contributed by atoms with Crippen LogP contribution in [0.15, 0.2) is 83.1 Å². The third-order valence-electron chi connectivity index (χ3n) is 8.91. The number of carbonyl (C=O) groups is 2. The minimum atomic E-state index is -0.0308. The normalized spacial score (nSPS) is 19.3. The second-order valence-corrected chi connectivity index (χ2v) is 15.9. The minimum absolute atomic E-state index is 0. The Kier molecular flexibility index (Phi) is 13.8. The molecule has 0 aromatic heterocycles. The molecule has 3 aromatic carbocycles. The molecule has 3 aliphatic heterocycles. The van der Waals surface area contributed by atoms with Gasteiger partial charge in [-0.1, -0.05) is 73.2 Å². The number of unbranched alkanes of at least 4 members (excludes halogenated alkanes) is 2. The molecule has 242 valence electrons. The van der Waals surface area contributed by atoms with Crippen molar-refractivity contribution < 1.29 is 28.4 Å². The number of carbonyl (C=O) groups excluding carboxylic acids is 2. The Bertz CT molecular complexity index is 1490. The van der Waals surface area contributed by atoms with Crippen molar-refractivity contribution in [2.45, 2.75) is 75.2 Å². The quantitative estimate of drug-likeness (QED) is 0.0814. The van der Waals surface area contributed by atoms with Gasteiger partial charge >= 0.3 is 24.9 Å². The number of benzene rings is 3. The fourth-order valence-corrected chi connectivity index (χ4v) is 10.6. The maximum atomic E-state index is 12.7. The number of Topliss-reactive ketones (excluding diaryl/α,β-unsaturated/α-hetero) is 1. The zero-order chi connectivity index (χ0) is 31.7. The molecule has 0 spiro atoms. The molecule has 0 radical (unpaired) electrons. The summed E-state index contributed by atoms with van der Waals surface area (Å²) in [7, 11) is 0. The van der Waals surface area contributed by atoms with Crippen molar-refractivity contribution in [2.24, 2.45) is 0 Å². The van der Waals surface area contributed by atoms with Crippen molar-refractivity contribution in [2.75, 3.05) is 22.2 Å². The SMILES string of the molecule is [CH2-]CCSC(SCCCCC(=O)CCCC[C@H]1SC[C@H]2NC(=O)N[C@H]21)=C1c2ccccc2N(Cc2ccccc2)c2ccccc21.[Li+]. The summed E-state index contributed by atoms with van der Waals surface area (Å²) in [6.45, 7) is 4.95. The summed E-state index contributed by atoms with van der Waals surface area (Å²) < 4.78 is 1.36. The Balaban J connectivity index is 0.00000433. The summed E-state index contributed by atoms with van der Waals surface area (Å²) in [4.78, 5) is 26.8. The van der Waals surface area contributed by atoms with Crippen LogP contribution >= 0.6 is 35.3 Å². The van der Waals surface area contributed by atoms with E-state index in [1.807, 2.05) is 35.3 Å². The maximum absolute atomic E-state index is 12.7. The molecule has 5 nitrogen and oxygen atoms in total. The van der Waals surface area contributed by atoms with E-state index in [9.17, 15) is 9.59 Å². The third-order valence-corrected chi connectivity index (χ3v) is 13.0. The van der Waals surface area contributed by atoms with Gasteiger partial charge in [0.2, 0.25) is 0 Å². The maximum Gasteiger partial charge on any atom is 1.00 e. The van der Waals surface area contributed by atoms with E-state index in [1.54, 1.807) is 0 Å². The molecule has 6 rings (SSSR count). The number of fused-ring (bicyclic) bond motifs is 3. The van der Waals surface area contributed by atoms with Gasteiger partial charge in [-0.05, 0) is 54.9 Å². The third kappa shape index (κ3) is 9.08. The van der Waals surface area contributed by atoms with Gasteiger partial charge in [0, 0.05) is 62.7 Å². The molecule has 3 aliphatic rings. The monoisotopic (exact) mass is 677 g/mol. The molecular formula is C38H44LiN3O2S3. The van der Waals surface area contributed by atoms with E-state index in [2.05, 4.69) is 101 Å². The van der Waals surface area contributed by atoms with Crippen LogP contribution in [0.25, 0.3) is 5.57 Å². The van der Waals surface area contributed by atoms with Gasteiger partial charge in [0.15, 0.2) is 0 Å². The number of urea groups is 1. The van der Waals surface area contributed by atoms with Crippen molar-refractivity contribution in [1.29, 1.82) is 0 Å². The van der Waals surface area contributed by atoms with Gasteiger partial charge in [0.1, 0.15) is 5.78 Å². The Morgan fingerprint density at radius 2 is 1.47 bits per heavy atom. The van der Waals surface area contributed by atoms with Crippen LogP contribution in [-0.4, -0.2) is 46.4 Å². The van der Waals surface area contributed by atoms with E-state index in [0.717, 1.165) is 62.3 Å². The molecule has 3 aromatic rings. The molecule has 47 heavy (non-hydrogen) atoms. The van der Waals surface area contributed by atoms with Crippen LogP contribution in [0.4, 0.5) is 16.2 Å². The first kappa shape index (κ1) is 36.1. The van der Waals surface area contributed by atoms with E-state index in [1.165, 1.54) is 37.9 Å². The summed E-state index contributed by atoms with van der Waals surface area (Å²) in [5.41, 5.74) is 7.67. The Hall–Kier alpha value is -2.21. The molecule has 9 heteroatoms. The zero-order valence-corrected chi connectivity index (χ0v) is 29.9. The van der Waals surface area contributed by atoms with Crippen molar-refractivity contribution in [3.63, 3.8) is 0 Å². The summed E-state index contributed by atoms with van der Waals surface area (Å²) in [6.07, 6.45) is 7.24. The Labute approximate surface area is 305 Å². The van der Waals surface area contributed by atoms with Crippen molar-refractivity contribution in [3.8, 4) is 0 Å². The Morgan fingerprint density at radius 3 is 2.17 bits per heavy atom. The number of amides is 2. The number of nitrogens with zero attached hydrogens (tertiary/aromatic N) is 1. The van der Waals surface area contributed by atoms with Crippen LogP contribution in [-0.2, 0) is 11.3 Å². The van der Waals surface area contributed by atoms with Crippen LogP contribution < -0.4 is 34.4 Å². The first-order chi connectivity index (χ1) is 22.6. The first-order valence-corrected chi connectivity index (χ1v) is 19.6. The summed E-state index contributed by atoms with van der Waals surface area (Å²) in [5, 5.41) is 6.54. The van der Waals surface area contributed by atoms with E-state index in [4.69, 9.17) is 0 Å². The van der Waals surface area contributed by atoms with Crippen LogP contribution in [0.3, 0.4) is 0 Å². The number of nitrogens with one attached hydrogen (secondary N) is 2. The first-order valence-electron chi connectivity index (χ1n) is 16.6. The number of rotatable bonds is 16. The summed E-state index contributed by atoms with van der Waals surface area (Å²) in [5.74, 6) is 3.35. The molecule has 0 bridgehead atoms. The molecule has 2 fully saturated rings. The van der Waals surface area contributed by atoms with Gasteiger partial charge in [-0.25, -0.2) is 4.79 Å². The number of thioether (sulfide) groups is 3. The minimum Gasteiger partial charge on any atom is -0.343 e. The van der Waals surface area contributed by atoms with Crippen LogP contribution in [0.1, 0.15) is 68.1 Å². The van der Waals surface area contributed by atoms with Crippen LogP contribution in [0, 0.1) is 6.92 Å². The number of ketones is 1. The standard InChI is InChI=1S/C38H44N3O2S3.Li/c1-2-23-44-37(45-24-13-12-17-28(42)16-6-11-22-34-36-31(26-46-34)39-38(43)40-36)35-29-18-7-9-20-32(29)41(25-27-14-4-3-5-15-27)33-21-10-8-19-30(33)35;/h3-5,7-10,14-15,18-21,31,34,36H,1-2,6,11-13,16-17,22-26H2,(H2,39,40,43);/q-1;+1/t31-,34-,36-;/m1./s1. The zero-order valence-electron chi connectivity index (χ0n) is 27.4. The average molecular weight is 678 g/mol. The molecular weight excluding hydrogens is 634 g/mol. The number of hydrogen-bond donors (Lipinski definition) is 2. The predicted molar refractivity (Wildman–Crippen MR) is 199 cm³/mol. The largest absolute Gasteiger partial charge is 1.00 e. The number of anilines is 2. The molecule has 2 saturated heterocycles. The van der Waals surface area contributed by atoms with Crippen molar-refractivity contribution in [3.05, 3.63) is 107 Å². The second-order valence-electron chi connectivity index (χ2n) is 12.2. The van der Waals surface area contributed by atoms with E-state index < -0.39 is 0 Å². The van der Waals surface area contributed by atoms with Gasteiger partial charge < -0.3 is 22.5 Å². The van der Waals surface area contributed by atoms with Gasteiger partial charge in [0.05, 0.1) is 12.1 Å². The van der Waals surface area contributed by atoms with Gasteiger partial charge in [-0.2, -0.15) is 18.2 Å². The Morgan fingerprint density at radius 1 is 0.830 bits per heavy atom. The predicted octanol–water partition coefficient (Wildman–Crippen LogP) is 6.21. The van der Waals surface area contributed by atoms with E-state index in [0.29, 0.717) is 23.9 Å². The molecule has 0 aliphatic carbocycles. The van der Waals surface area contributed by atoms with Crippen LogP contribution in [0.2, 0.25) is 0 Å². The van der Waals surface area contributed by atoms with Crippen LogP contribution in [0.5, 0.6) is 0 Å². The van der Waals surface area contributed by atoms with Crippen molar-refractivity contribution in [1.82, 2.24) is 10.6 Å². The van der Waals surface area contributed by atoms with Crippen molar-refractivity contribution >= 4 is 64.0 Å². The molecule has 0 unspecified atom stereocenters. The average Bonchev–Trinajstić information content (AvgIpc) is 3.64. The molecule has 3 atom stereocenters.